The maximum Gasteiger partial charge on any atom is 0.204 e. The van der Waals surface area contributed by atoms with Crippen molar-refractivity contribution in [2.24, 2.45) is 0 Å². The Hall–Kier alpha value is -5.09. The van der Waals surface area contributed by atoms with Gasteiger partial charge >= 0.3 is 0 Å². The van der Waals surface area contributed by atoms with Crippen LogP contribution in [0.1, 0.15) is 56.6 Å². The summed E-state index contributed by atoms with van der Waals surface area (Å²) in [5.41, 5.74) is 9.22. The van der Waals surface area contributed by atoms with E-state index in [1.807, 2.05) is 24.4 Å². The van der Waals surface area contributed by atoms with Gasteiger partial charge in [-0.1, -0.05) is 30.3 Å². The number of methoxy groups -OCH3 is 3. The Labute approximate surface area is 312 Å². The van der Waals surface area contributed by atoms with Gasteiger partial charge in [0, 0.05) is 48.7 Å². The topological polar surface area (TPSA) is 74.8 Å². The van der Waals surface area contributed by atoms with Crippen LogP contribution in [0.5, 0.6) is 40.2 Å². The summed E-state index contributed by atoms with van der Waals surface area (Å²) in [4.78, 5) is 9.12. The van der Waals surface area contributed by atoms with Gasteiger partial charge in [-0.2, -0.15) is 0 Å². The zero-order valence-electron chi connectivity index (χ0n) is 31.2. The van der Waals surface area contributed by atoms with Crippen molar-refractivity contribution in [1.82, 2.24) is 14.8 Å². The second-order valence-electron chi connectivity index (χ2n) is 14.2. The SMILES string of the molecule is COc1ccc2cc1Oc1ccc(cc1)C[C@H]1c3cc(ccc3CCN1C)Oc1c(OC)c(OC)c(COCc3cccnc3)c3c1[C@H](C2)N(C)CC3. The first kappa shape index (κ1) is 35.0. The summed E-state index contributed by atoms with van der Waals surface area (Å²) in [5.74, 6) is 4.78. The van der Waals surface area contributed by atoms with Gasteiger partial charge in [0.25, 0.3) is 0 Å². The van der Waals surface area contributed by atoms with Gasteiger partial charge < -0.3 is 28.4 Å². The van der Waals surface area contributed by atoms with Crippen LogP contribution in [-0.2, 0) is 43.6 Å². The molecular formula is C44H47N3O6. The summed E-state index contributed by atoms with van der Waals surface area (Å²) in [6.45, 7) is 2.61. The molecule has 5 aromatic rings. The summed E-state index contributed by atoms with van der Waals surface area (Å²) in [5, 5.41) is 0. The van der Waals surface area contributed by atoms with Crippen molar-refractivity contribution in [3.05, 3.63) is 130 Å². The van der Waals surface area contributed by atoms with E-state index in [4.69, 9.17) is 28.4 Å². The molecule has 6 bridgehead atoms. The van der Waals surface area contributed by atoms with E-state index in [9.17, 15) is 0 Å². The minimum Gasteiger partial charge on any atom is -0.493 e. The van der Waals surface area contributed by atoms with Crippen molar-refractivity contribution >= 4 is 0 Å². The highest BCUT2D eigenvalue weighted by Gasteiger charge is 2.36. The number of nitrogens with zero attached hydrogens (tertiary/aromatic N) is 3. The van der Waals surface area contributed by atoms with E-state index >= 15 is 0 Å². The summed E-state index contributed by atoms with van der Waals surface area (Å²) in [7, 11) is 9.45. The number of pyridine rings is 1. The van der Waals surface area contributed by atoms with Gasteiger partial charge in [0.2, 0.25) is 5.75 Å². The first-order valence-corrected chi connectivity index (χ1v) is 18.3. The average molecular weight is 714 g/mol. The van der Waals surface area contributed by atoms with E-state index in [2.05, 4.69) is 83.5 Å². The van der Waals surface area contributed by atoms with Crippen LogP contribution in [0.4, 0.5) is 0 Å². The smallest absolute Gasteiger partial charge is 0.204 e. The average Bonchev–Trinajstić information content (AvgIpc) is 3.18. The number of benzene rings is 4. The number of rotatable bonds is 7. The Kier molecular flexibility index (Phi) is 9.96. The molecule has 0 spiro atoms. The fraction of sp³-hybridized carbons (Fsp3) is 0.341. The van der Waals surface area contributed by atoms with Crippen LogP contribution in [0, 0.1) is 0 Å². The predicted octanol–water partition coefficient (Wildman–Crippen LogP) is 8.27. The van der Waals surface area contributed by atoms with Crippen molar-refractivity contribution < 1.29 is 28.4 Å². The molecule has 0 radical (unpaired) electrons. The monoisotopic (exact) mass is 713 g/mol. The van der Waals surface area contributed by atoms with E-state index in [0.717, 1.165) is 66.1 Å². The molecule has 0 N–H and O–H groups in total. The first-order valence-electron chi connectivity index (χ1n) is 18.3. The third-order valence-electron chi connectivity index (χ3n) is 11.0. The molecule has 0 saturated heterocycles. The van der Waals surface area contributed by atoms with Gasteiger partial charge in [-0.25, -0.2) is 0 Å². The number of ether oxygens (including phenoxy) is 6. The summed E-state index contributed by atoms with van der Waals surface area (Å²) in [6, 6.07) is 25.3. The highest BCUT2D eigenvalue weighted by atomic mass is 16.5. The molecule has 0 fully saturated rings. The predicted molar refractivity (Wildman–Crippen MR) is 204 cm³/mol. The Morgan fingerprint density at radius 1 is 0.736 bits per heavy atom. The quantitative estimate of drug-likeness (QED) is 0.166. The summed E-state index contributed by atoms with van der Waals surface area (Å²) >= 11 is 0. The Morgan fingerprint density at radius 3 is 2.26 bits per heavy atom. The third-order valence-corrected chi connectivity index (χ3v) is 11.0. The zero-order valence-corrected chi connectivity index (χ0v) is 31.2. The lowest BCUT2D eigenvalue weighted by atomic mass is 9.84. The maximum absolute atomic E-state index is 7.11. The van der Waals surface area contributed by atoms with Crippen LogP contribution in [0.2, 0.25) is 0 Å². The molecule has 9 rings (SSSR count). The van der Waals surface area contributed by atoms with Gasteiger partial charge in [-0.05, 0) is 116 Å². The normalized spacial score (nSPS) is 18.2. The van der Waals surface area contributed by atoms with Gasteiger partial charge in [0.05, 0.1) is 34.5 Å². The van der Waals surface area contributed by atoms with Crippen molar-refractivity contribution in [2.45, 2.75) is 51.0 Å². The highest BCUT2D eigenvalue weighted by Crippen LogP contribution is 2.53. The third kappa shape index (κ3) is 6.92. The van der Waals surface area contributed by atoms with Crippen LogP contribution >= 0.6 is 0 Å². The van der Waals surface area contributed by atoms with Crippen molar-refractivity contribution in [1.29, 1.82) is 0 Å². The van der Waals surface area contributed by atoms with E-state index in [0.29, 0.717) is 48.4 Å². The van der Waals surface area contributed by atoms with Crippen LogP contribution < -0.4 is 23.7 Å². The number of aromatic nitrogens is 1. The zero-order chi connectivity index (χ0) is 36.5. The summed E-state index contributed by atoms with van der Waals surface area (Å²) < 4.78 is 38.2. The molecule has 53 heavy (non-hydrogen) atoms. The Balaban J connectivity index is 1.31. The summed E-state index contributed by atoms with van der Waals surface area (Å²) in [6.07, 6.45) is 6.95. The molecule has 9 nitrogen and oxygen atoms in total. The molecule has 2 atom stereocenters. The molecule has 0 unspecified atom stereocenters. The fourth-order valence-corrected chi connectivity index (χ4v) is 8.21. The highest BCUT2D eigenvalue weighted by molar-refractivity contribution is 5.66. The van der Waals surface area contributed by atoms with Gasteiger partial charge in [-0.3, -0.25) is 14.8 Å². The number of hydrogen-bond donors (Lipinski definition) is 0. The molecule has 0 amide bonds. The lowest BCUT2D eigenvalue weighted by molar-refractivity contribution is 0.103. The van der Waals surface area contributed by atoms with Crippen molar-refractivity contribution in [3.63, 3.8) is 0 Å². The van der Waals surface area contributed by atoms with E-state index in [1.165, 1.54) is 22.3 Å². The largest absolute Gasteiger partial charge is 0.493 e. The van der Waals surface area contributed by atoms with Crippen LogP contribution in [-0.4, -0.2) is 63.3 Å². The molecule has 4 aliphatic heterocycles. The van der Waals surface area contributed by atoms with Crippen molar-refractivity contribution in [3.8, 4) is 40.2 Å². The fourth-order valence-electron chi connectivity index (χ4n) is 8.21. The second-order valence-corrected chi connectivity index (χ2v) is 14.2. The molecule has 0 aliphatic carbocycles. The molecule has 0 saturated carbocycles. The van der Waals surface area contributed by atoms with Crippen LogP contribution in [0.15, 0.2) is 85.2 Å². The van der Waals surface area contributed by atoms with Crippen LogP contribution in [0.3, 0.4) is 0 Å². The molecule has 4 aliphatic rings. The van der Waals surface area contributed by atoms with E-state index < -0.39 is 0 Å². The lowest BCUT2D eigenvalue weighted by Crippen LogP contribution is -2.35. The molecule has 9 heteroatoms. The molecular weight excluding hydrogens is 666 g/mol. The molecule has 1 aromatic heterocycles. The number of fused-ring (bicyclic) bond motifs is 2. The maximum atomic E-state index is 7.11. The number of likely N-dealkylation sites (N-methyl/N-ethyl adjacent to an activating group) is 2. The molecule has 4 aromatic carbocycles. The number of hydrogen-bond acceptors (Lipinski definition) is 9. The van der Waals surface area contributed by atoms with Gasteiger partial charge in [0.1, 0.15) is 11.5 Å². The van der Waals surface area contributed by atoms with Gasteiger partial charge in [-0.15, -0.1) is 0 Å². The first-order chi connectivity index (χ1) is 25.9. The van der Waals surface area contributed by atoms with E-state index in [1.54, 1.807) is 27.5 Å². The van der Waals surface area contributed by atoms with Crippen LogP contribution in [0.25, 0.3) is 0 Å². The van der Waals surface area contributed by atoms with E-state index in [-0.39, 0.29) is 12.1 Å². The standard InChI is InChI=1S/C44H47N3O6/c1-46-19-16-31-11-14-33-24-35(31)37(46)21-28-8-12-32(13-9-28)52-40-23-29(10-15-39(40)48-3)22-38-41-34(17-20-47(38)2)36(27-51-26-30-7-6-18-45-25-30)42(49-4)44(50-5)43(41)53-33/h6-15,18,23-25,37-38H,16-17,19-22,26-27H2,1-5H3/t37-,38-/m0/s1. The van der Waals surface area contributed by atoms with Gasteiger partial charge in [0.15, 0.2) is 23.0 Å². The minimum atomic E-state index is -0.0541. The Morgan fingerprint density at radius 2 is 1.49 bits per heavy atom. The second kappa shape index (κ2) is 15.1. The molecule has 274 valence electrons. The molecule has 5 heterocycles. The Bertz CT molecular complexity index is 2090. The van der Waals surface area contributed by atoms with Crippen molar-refractivity contribution in [2.75, 3.05) is 48.5 Å². The lowest BCUT2D eigenvalue weighted by Gasteiger charge is -2.38. The minimum absolute atomic E-state index is 0.0541.